The van der Waals surface area contributed by atoms with Crippen LogP contribution in [0, 0.1) is 5.92 Å². The van der Waals surface area contributed by atoms with Crippen LogP contribution < -0.4 is 5.32 Å². The van der Waals surface area contributed by atoms with Gasteiger partial charge in [0.1, 0.15) is 5.82 Å². The molecule has 2 heterocycles. The fourth-order valence-corrected chi connectivity index (χ4v) is 2.99. The third-order valence-corrected chi connectivity index (χ3v) is 4.29. The molecule has 0 fully saturated rings. The highest BCUT2D eigenvalue weighted by Crippen LogP contribution is 2.25. The number of aromatic nitrogens is 1. The van der Waals surface area contributed by atoms with Gasteiger partial charge >= 0.3 is 5.97 Å². The van der Waals surface area contributed by atoms with Gasteiger partial charge in [0, 0.05) is 18.3 Å². The van der Waals surface area contributed by atoms with Crippen LogP contribution in [-0.2, 0) is 4.74 Å². The number of esters is 1. The third-order valence-electron chi connectivity index (χ3n) is 4.29. The van der Waals surface area contributed by atoms with Crippen LogP contribution in [0.3, 0.4) is 0 Å². The summed E-state index contributed by atoms with van der Waals surface area (Å²) in [6.45, 7) is 6.08. The number of hydrogen-bond donors (Lipinski definition) is 1. The average molecular weight is 395 g/mol. The standard InChI is InChI=1S/C21H21N3O5/c1-4-29-21(28)14-7-8-22-17(10-14)23-18(25)13-5-6-15-16(9-13)20(27)24(19(15)26)11-12(2)3/h5-10,12H,4,11H2,1-3H3,(H,22,23,25). The molecule has 0 aliphatic carbocycles. The molecule has 1 aliphatic rings. The smallest absolute Gasteiger partial charge is 0.338 e. The number of ether oxygens (including phenoxy) is 1. The molecule has 0 bridgehead atoms. The second-order valence-corrected chi connectivity index (χ2v) is 6.98. The molecule has 0 saturated heterocycles. The van der Waals surface area contributed by atoms with Crippen molar-refractivity contribution in [2.45, 2.75) is 20.8 Å². The molecule has 8 nitrogen and oxygen atoms in total. The molecule has 0 saturated carbocycles. The summed E-state index contributed by atoms with van der Waals surface area (Å²) < 4.78 is 4.93. The Hall–Kier alpha value is -3.55. The molecule has 0 radical (unpaired) electrons. The van der Waals surface area contributed by atoms with Gasteiger partial charge in [-0.25, -0.2) is 9.78 Å². The molecule has 1 N–H and O–H groups in total. The Morgan fingerprint density at radius 3 is 2.48 bits per heavy atom. The van der Waals surface area contributed by atoms with Gasteiger partial charge in [-0.1, -0.05) is 13.8 Å². The van der Waals surface area contributed by atoms with E-state index in [1.807, 2.05) is 13.8 Å². The number of rotatable bonds is 6. The number of pyridine rings is 1. The lowest BCUT2D eigenvalue weighted by molar-refractivity contribution is 0.0525. The average Bonchev–Trinajstić information content (AvgIpc) is 2.92. The van der Waals surface area contributed by atoms with Gasteiger partial charge in [0.2, 0.25) is 0 Å². The van der Waals surface area contributed by atoms with E-state index in [0.29, 0.717) is 6.54 Å². The molecule has 0 atom stereocenters. The Labute approximate surface area is 167 Å². The number of hydrogen-bond acceptors (Lipinski definition) is 6. The quantitative estimate of drug-likeness (QED) is 0.596. The molecule has 1 aromatic carbocycles. The number of fused-ring (bicyclic) bond motifs is 1. The van der Waals surface area contributed by atoms with Gasteiger partial charge in [0.25, 0.3) is 17.7 Å². The molecule has 29 heavy (non-hydrogen) atoms. The first kappa shape index (κ1) is 20.2. The molecule has 3 amide bonds. The zero-order valence-corrected chi connectivity index (χ0v) is 16.4. The van der Waals surface area contributed by atoms with Crippen molar-refractivity contribution in [3.05, 3.63) is 58.8 Å². The predicted molar refractivity (Wildman–Crippen MR) is 105 cm³/mol. The molecule has 0 spiro atoms. The molecular weight excluding hydrogens is 374 g/mol. The van der Waals surface area contributed by atoms with Crippen molar-refractivity contribution in [1.29, 1.82) is 0 Å². The third kappa shape index (κ3) is 4.16. The van der Waals surface area contributed by atoms with Crippen LogP contribution in [0.5, 0.6) is 0 Å². The molecule has 1 aliphatic heterocycles. The number of amides is 3. The molecule has 2 aromatic rings. The molecular formula is C21H21N3O5. The fourth-order valence-electron chi connectivity index (χ4n) is 2.99. The number of carbonyl (C=O) groups is 4. The van der Waals surface area contributed by atoms with Crippen LogP contribution in [-0.4, -0.2) is 46.7 Å². The van der Waals surface area contributed by atoms with Crippen molar-refractivity contribution >= 4 is 29.5 Å². The van der Waals surface area contributed by atoms with Crippen molar-refractivity contribution in [3.63, 3.8) is 0 Å². The maximum absolute atomic E-state index is 12.6. The van der Waals surface area contributed by atoms with E-state index >= 15 is 0 Å². The summed E-state index contributed by atoms with van der Waals surface area (Å²) >= 11 is 0. The summed E-state index contributed by atoms with van der Waals surface area (Å²) in [5.41, 5.74) is 0.960. The maximum atomic E-state index is 12.6. The summed E-state index contributed by atoms with van der Waals surface area (Å²) in [7, 11) is 0. The second kappa shape index (κ2) is 8.22. The summed E-state index contributed by atoms with van der Waals surface area (Å²) in [6, 6.07) is 7.25. The molecule has 0 unspecified atom stereocenters. The van der Waals surface area contributed by atoms with E-state index in [1.54, 1.807) is 6.92 Å². The van der Waals surface area contributed by atoms with E-state index in [2.05, 4.69) is 10.3 Å². The van der Waals surface area contributed by atoms with E-state index < -0.39 is 17.8 Å². The normalized spacial score (nSPS) is 12.9. The topological polar surface area (TPSA) is 106 Å². The second-order valence-electron chi connectivity index (χ2n) is 6.98. The van der Waals surface area contributed by atoms with Crippen LogP contribution in [0.15, 0.2) is 36.5 Å². The highest BCUT2D eigenvalue weighted by atomic mass is 16.5. The van der Waals surface area contributed by atoms with Crippen LogP contribution in [0.4, 0.5) is 5.82 Å². The van der Waals surface area contributed by atoms with Crippen LogP contribution in [0.2, 0.25) is 0 Å². The van der Waals surface area contributed by atoms with Crippen LogP contribution >= 0.6 is 0 Å². The van der Waals surface area contributed by atoms with Gasteiger partial charge in [0.15, 0.2) is 0 Å². The number of imide groups is 1. The van der Waals surface area contributed by atoms with E-state index in [1.165, 1.54) is 41.4 Å². The zero-order valence-electron chi connectivity index (χ0n) is 16.4. The predicted octanol–water partition coefficient (Wildman–Crippen LogP) is 2.76. The highest BCUT2D eigenvalue weighted by molar-refractivity contribution is 6.22. The Bertz CT molecular complexity index is 1000. The summed E-state index contributed by atoms with van der Waals surface area (Å²) in [4.78, 5) is 54.6. The van der Waals surface area contributed by atoms with E-state index in [4.69, 9.17) is 4.74 Å². The Balaban J connectivity index is 1.80. The monoisotopic (exact) mass is 395 g/mol. The number of anilines is 1. The Morgan fingerprint density at radius 2 is 1.79 bits per heavy atom. The minimum Gasteiger partial charge on any atom is -0.462 e. The van der Waals surface area contributed by atoms with Crippen LogP contribution in [0.1, 0.15) is 62.2 Å². The lowest BCUT2D eigenvalue weighted by Crippen LogP contribution is -2.33. The SMILES string of the molecule is CCOC(=O)c1ccnc(NC(=O)c2ccc3c(c2)C(=O)N(CC(C)C)C3=O)c1. The number of nitrogens with zero attached hydrogens (tertiary/aromatic N) is 2. The minimum absolute atomic E-state index is 0.137. The van der Waals surface area contributed by atoms with Gasteiger partial charge < -0.3 is 10.1 Å². The van der Waals surface area contributed by atoms with Gasteiger partial charge in [-0.05, 0) is 43.2 Å². The highest BCUT2D eigenvalue weighted by Gasteiger charge is 2.36. The first-order valence-corrected chi connectivity index (χ1v) is 9.26. The fraction of sp³-hybridized carbons (Fsp3) is 0.286. The first-order chi connectivity index (χ1) is 13.8. The lowest BCUT2D eigenvalue weighted by atomic mass is 10.1. The lowest BCUT2D eigenvalue weighted by Gasteiger charge is -2.15. The van der Waals surface area contributed by atoms with Gasteiger partial charge in [-0.15, -0.1) is 0 Å². The van der Waals surface area contributed by atoms with Gasteiger partial charge in [-0.3, -0.25) is 19.3 Å². The summed E-state index contributed by atoms with van der Waals surface area (Å²) in [5.74, 6) is -1.48. The van der Waals surface area contributed by atoms with Gasteiger partial charge in [-0.2, -0.15) is 0 Å². The largest absolute Gasteiger partial charge is 0.462 e. The molecule has 8 heteroatoms. The molecule has 150 valence electrons. The molecule has 3 rings (SSSR count). The zero-order chi connectivity index (χ0) is 21.1. The van der Waals surface area contributed by atoms with Crippen molar-refractivity contribution in [2.24, 2.45) is 5.92 Å². The van der Waals surface area contributed by atoms with Crippen molar-refractivity contribution in [1.82, 2.24) is 9.88 Å². The number of carbonyl (C=O) groups excluding carboxylic acids is 4. The van der Waals surface area contributed by atoms with Crippen molar-refractivity contribution in [3.8, 4) is 0 Å². The number of nitrogens with one attached hydrogen (secondary N) is 1. The maximum Gasteiger partial charge on any atom is 0.338 e. The van der Waals surface area contributed by atoms with E-state index in [9.17, 15) is 19.2 Å². The molecule has 1 aromatic heterocycles. The minimum atomic E-state index is -0.516. The first-order valence-electron chi connectivity index (χ1n) is 9.26. The summed E-state index contributed by atoms with van der Waals surface area (Å²) in [5, 5.41) is 2.59. The van der Waals surface area contributed by atoms with Crippen molar-refractivity contribution < 1.29 is 23.9 Å². The van der Waals surface area contributed by atoms with E-state index in [0.717, 1.165) is 0 Å². The van der Waals surface area contributed by atoms with Crippen molar-refractivity contribution in [2.75, 3.05) is 18.5 Å². The number of benzene rings is 1. The van der Waals surface area contributed by atoms with E-state index in [-0.39, 0.29) is 46.5 Å². The van der Waals surface area contributed by atoms with Gasteiger partial charge in [0.05, 0.1) is 23.3 Å². The van der Waals surface area contributed by atoms with Crippen LogP contribution in [0.25, 0.3) is 0 Å². The Morgan fingerprint density at radius 1 is 1.07 bits per heavy atom. The summed E-state index contributed by atoms with van der Waals surface area (Å²) in [6.07, 6.45) is 1.39. The Kier molecular flexibility index (Phi) is 5.72.